The van der Waals surface area contributed by atoms with Gasteiger partial charge in [-0.2, -0.15) is 0 Å². The maximum absolute atomic E-state index is 5.41. The summed E-state index contributed by atoms with van der Waals surface area (Å²) in [5.74, 6) is 0. The zero-order valence-electron chi connectivity index (χ0n) is 17.2. The van der Waals surface area contributed by atoms with E-state index in [9.17, 15) is 0 Å². The van der Waals surface area contributed by atoms with Gasteiger partial charge in [0.15, 0.2) is 0 Å². The zero-order valence-corrected chi connectivity index (χ0v) is 17.2. The molecule has 0 fully saturated rings. The molecule has 0 spiro atoms. The molecule has 0 aliphatic carbocycles. The Morgan fingerprint density at radius 2 is 0.320 bits per heavy atom. The summed E-state index contributed by atoms with van der Waals surface area (Å²) in [5.41, 5.74) is 21.6. The molecular weight excluding hydrogens is 308 g/mol. The molecule has 0 aliphatic rings. The van der Waals surface area contributed by atoms with Gasteiger partial charge in [-0.1, -0.05) is 83.5 Å². The monoisotopic (exact) mass is 358 g/mol. The van der Waals surface area contributed by atoms with Crippen LogP contribution in [0.4, 0.5) is 0 Å². The van der Waals surface area contributed by atoms with E-state index in [4.69, 9.17) is 22.9 Å². The van der Waals surface area contributed by atoms with Crippen molar-refractivity contribution in [2.75, 3.05) is 26.2 Å². The van der Waals surface area contributed by atoms with Gasteiger partial charge in [0.2, 0.25) is 0 Å². The molecule has 0 radical (unpaired) electrons. The van der Waals surface area contributed by atoms with E-state index in [1.54, 1.807) is 0 Å². The van der Waals surface area contributed by atoms with E-state index < -0.39 is 0 Å². The Bertz CT molecular complexity index is 180. The third-order valence-corrected chi connectivity index (χ3v) is 4.57. The highest BCUT2D eigenvalue weighted by Gasteiger charge is 1.91. The van der Waals surface area contributed by atoms with Crippen molar-refractivity contribution in [2.45, 2.75) is 109 Å². The van der Waals surface area contributed by atoms with Crippen molar-refractivity contribution in [3.8, 4) is 0 Å². The standard InChI is InChI=1S/C11H26N2.C10H24N2/c12-10-8-6-4-2-1-3-5-7-9-11-13;11-9-7-5-3-1-2-4-6-8-10-12/h1-13H2;1-12H2. The molecule has 8 N–H and O–H groups in total. The van der Waals surface area contributed by atoms with Gasteiger partial charge < -0.3 is 22.9 Å². The molecule has 0 saturated carbocycles. The Balaban J connectivity index is 0. The molecule has 0 atom stereocenters. The molecule has 0 rings (SSSR count). The maximum Gasteiger partial charge on any atom is -0.00773 e. The first-order chi connectivity index (χ1) is 12.3. The van der Waals surface area contributed by atoms with Crippen molar-refractivity contribution in [2.24, 2.45) is 22.9 Å². The minimum atomic E-state index is 0.854. The Labute approximate surface area is 158 Å². The van der Waals surface area contributed by atoms with E-state index in [1.165, 1.54) is 109 Å². The second-order valence-corrected chi connectivity index (χ2v) is 7.17. The van der Waals surface area contributed by atoms with Crippen LogP contribution in [0.15, 0.2) is 0 Å². The summed E-state index contributed by atoms with van der Waals surface area (Å²) in [5, 5.41) is 0. The fraction of sp³-hybridized carbons (Fsp3) is 1.00. The SMILES string of the molecule is NCCCCCCCCCCCN.NCCCCCCCCCCN. The van der Waals surface area contributed by atoms with E-state index >= 15 is 0 Å². The highest BCUT2D eigenvalue weighted by molar-refractivity contribution is 4.48. The van der Waals surface area contributed by atoms with Crippen molar-refractivity contribution < 1.29 is 0 Å². The lowest BCUT2D eigenvalue weighted by Crippen LogP contribution is -1.98. The smallest absolute Gasteiger partial charge is 0.00773 e. The molecular formula is C21H50N4. The van der Waals surface area contributed by atoms with Crippen molar-refractivity contribution in [1.29, 1.82) is 0 Å². The molecule has 0 aromatic heterocycles. The second-order valence-electron chi connectivity index (χ2n) is 7.17. The van der Waals surface area contributed by atoms with E-state index in [-0.39, 0.29) is 0 Å². The topological polar surface area (TPSA) is 104 Å². The van der Waals surface area contributed by atoms with Gasteiger partial charge in [-0.15, -0.1) is 0 Å². The molecule has 0 aliphatic heterocycles. The molecule has 0 unspecified atom stereocenters. The van der Waals surface area contributed by atoms with Crippen LogP contribution in [0.5, 0.6) is 0 Å². The average molecular weight is 359 g/mol. The predicted octanol–water partition coefficient (Wildman–Crippen LogP) is 4.44. The second kappa shape index (κ2) is 28.6. The molecule has 4 nitrogen and oxygen atoms in total. The van der Waals surface area contributed by atoms with Gasteiger partial charge in [0.25, 0.3) is 0 Å². The van der Waals surface area contributed by atoms with Crippen LogP contribution >= 0.6 is 0 Å². The highest BCUT2D eigenvalue weighted by Crippen LogP contribution is 2.09. The van der Waals surface area contributed by atoms with Gasteiger partial charge in [0.05, 0.1) is 0 Å². The number of unbranched alkanes of at least 4 members (excludes halogenated alkanes) is 15. The average Bonchev–Trinajstić information content (AvgIpc) is 2.63. The van der Waals surface area contributed by atoms with Gasteiger partial charge in [-0.05, 0) is 51.9 Å². The van der Waals surface area contributed by atoms with Crippen molar-refractivity contribution in [3.63, 3.8) is 0 Å². The van der Waals surface area contributed by atoms with E-state index in [1.807, 2.05) is 0 Å². The quantitative estimate of drug-likeness (QED) is 0.256. The van der Waals surface area contributed by atoms with E-state index in [0.29, 0.717) is 0 Å². The normalized spacial score (nSPS) is 10.6. The zero-order chi connectivity index (χ0) is 18.8. The first-order valence-corrected chi connectivity index (χ1v) is 11.1. The molecule has 25 heavy (non-hydrogen) atoms. The number of hydrogen-bond acceptors (Lipinski definition) is 4. The van der Waals surface area contributed by atoms with Gasteiger partial charge in [0, 0.05) is 0 Å². The van der Waals surface area contributed by atoms with E-state index in [2.05, 4.69) is 0 Å². The summed E-state index contributed by atoms with van der Waals surface area (Å²) in [6.07, 6.45) is 22.5. The first-order valence-electron chi connectivity index (χ1n) is 11.1. The third-order valence-electron chi connectivity index (χ3n) is 4.57. The summed E-state index contributed by atoms with van der Waals surface area (Å²) in [4.78, 5) is 0. The van der Waals surface area contributed by atoms with Crippen LogP contribution in [-0.4, -0.2) is 26.2 Å². The fourth-order valence-electron chi connectivity index (χ4n) is 2.88. The maximum atomic E-state index is 5.41. The van der Waals surface area contributed by atoms with Gasteiger partial charge >= 0.3 is 0 Å². The number of rotatable bonds is 19. The predicted molar refractivity (Wildman–Crippen MR) is 115 cm³/mol. The molecule has 4 heteroatoms. The summed E-state index contributed by atoms with van der Waals surface area (Å²) in [6, 6.07) is 0. The Kier molecular flexibility index (Phi) is 31.0. The molecule has 0 bridgehead atoms. The highest BCUT2D eigenvalue weighted by atomic mass is 14.5. The third kappa shape index (κ3) is 32.0. The summed E-state index contributed by atoms with van der Waals surface area (Å²) in [6.45, 7) is 3.42. The van der Waals surface area contributed by atoms with Crippen molar-refractivity contribution in [1.82, 2.24) is 0 Å². The summed E-state index contributed by atoms with van der Waals surface area (Å²) >= 11 is 0. The van der Waals surface area contributed by atoms with Crippen molar-refractivity contribution >= 4 is 0 Å². The molecule has 0 saturated heterocycles. The van der Waals surface area contributed by atoms with Crippen LogP contribution in [0.3, 0.4) is 0 Å². The molecule has 0 aromatic rings. The Hall–Kier alpha value is -0.160. The summed E-state index contributed by atoms with van der Waals surface area (Å²) < 4.78 is 0. The first kappa shape index (κ1) is 27.1. The van der Waals surface area contributed by atoms with Gasteiger partial charge in [0.1, 0.15) is 0 Å². The number of nitrogens with two attached hydrogens (primary N) is 4. The lowest BCUT2D eigenvalue weighted by molar-refractivity contribution is 0.562. The minimum Gasteiger partial charge on any atom is -0.330 e. The minimum absolute atomic E-state index is 0.854. The van der Waals surface area contributed by atoms with Crippen LogP contribution in [-0.2, 0) is 0 Å². The van der Waals surface area contributed by atoms with Crippen LogP contribution in [0.2, 0.25) is 0 Å². The van der Waals surface area contributed by atoms with Crippen LogP contribution < -0.4 is 22.9 Å². The number of hydrogen-bond donors (Lipinski definition) is 4. The molecule has 0 amide bonds. The molecule has 154 valence electrons. The lowest BCUT2D eigenvalue weighted by atomic mass is 10.1. The largest absolute Gasteiger partial charge is 0.330 e. The van der Waals surface area contributed by atoms with Crippen molar-refractivity contribution in [3.05, 3.63) is 0 Å². The van der Waals surface area contributed by atoms with Crippen LogP contribution in [0.1, 0.15) is 109 Å². The Morgan fingerprint density at radius 1 is 0.200 bits per heavy atom. The fourth-order valence-corrected chi connectivity index (χ4v) is 2.88. The van der Waals surface area contributed by atoms with E-state index in [0.717, 1.165) is 26.2 Å². The van der Waals surface area contributed by atoms with Crippen LogP contribution in [0.25, 0.3) is 0 Å². The Morgan fingerprint density at radius 3 is 0.440 bits per heavy atom. The van der Waals surface area contributed by atoms with Gasteiger partial charge in [-0.25, -0.2) is 0 Å². The van der Waals surface area contributed by atoms with Crippen LogP contribution in [0, 0.1) is 0 Å². The molecule has 0 heterocycles. The van der Waals surface area contributed by atoms with Gasteiger partial charge in [-0.3, -0.25) is 0 Å². The lowest BCUT2D eigenvalue weighted by Gasteiger charge is -2.00. The molecule has 0 aromatic carbocycles. The summed E-state index contributed by atoms with van der Waals surface area (Å²) in [7, 11) is 0.